The van der Waals surface area contributed by atoms with Crippen molar-refractivity contribution in [2.24, 2.45) is 0 Å². The van der Waals surface area contributed by atoms with Gasteiger partial charge in [-0.1, -0.05) is 22.9 Å². The van der Waals surface area contributed by atoms with Gasteiger partial charge in [0.1, 0.15) is 17.5 Å². The number of nitrogens with zero attached hydrogens (tertiary/aromatic N) is 1. The van der Waals surface area contributed by atoms with Crippen LogP contribution in [0.3, 0.4) is 0 Å². The molecule has 2 heterocycles. The minimum atomic E-state index is -0.737. The Hall–Kier alpha value is -2.77. The maximum Gasteiger partial charge on any atom is 0.304 e. The first kappa shape index (κ1) is 17.6. The van der Waals surface area contributed by atoms with Crippen LogP contribution >= 0.6 is 22.9 Å². The third-order valence-electron chi connectivity index (χ3n) is 4.33. The maximum absolute atomic E-state index is 12.8. The molecule has 8 heteroatoms. The number of ether oxygens (including phenoxy) is 2. The van der Waals surface area contributed by atoms with Gasteiger partial charge in [-0.05, 0) is 48.5 Å². The number of amides is 1. The standard InChI is InChI=1S/C19H15ClN2O4S/c1-25-13-8-4-12(5-9-13)22-16(15-10-27-19(24)21-15)17(18(22)23)26-14-6-2-11(20)3-7-14/h2-10,16-17H,1H3,(H,21,24)/t16-,17+/m1/s1. The summed E-state index contributed by atoms with van der Waals surface area (Å²) in [4.78, 5) is 28.7. The zero-order chi connectivity index (χ0) is 19.0. The average Bonchev–Trinajstić information content (AvgIpc) is 3.11. The molecule has 1 aliphatic heterocycles. The molecule has 2 aromatic carbocycles. The molecule has 138 valence electrons. The quantitative estimate of drug-likeness (QED) is 0.661. The smallest absolute Gasteiger partial charge is 0.304 e. The molecular weight excluding hydrogens is 388 g/mol. The first-order valence-electron chi connectivity index (χ1n) is 8.14. The topological polar surface area (TPSA) is 71.6 Å². The molecule has 0 aliphatic carbocycles. The van der Waals surface area contributed by atoms with Crippen LogP contribution in [0.15, 0.2) is 58.7 Å². The number of rotatable bonds is 5. The number of β-lactam (4-membered cyclic amide) rings is 1. The Kier molecular flexibility index (Phi) is 4.63. The van der Waals surface area contributed by atoms with Crippen LogP contribution in [-0.4, -0.2) is 24.1 Å². The average molecular weight is 403 g/mol. The fourth-order valence-electron chi connectivity index (χ4n) is 3.01. The van der Waals surface area contributed by atoms with E-state index in [0.29, 0.717) is 27.9 Å². The van der Waals surface area contributed by atoms with Gasteiger partial charge in [-0.25, -0.2) is 0 Å². The number of hydrogen-bond donors (Lipinski definition) is 1. The van der Waals surface area contributed by atoms with Gasteiger partial charge in [-0.3, -0.25) is 14.5 Å². The lowest BCUT2D eigenvalue weighted by Crippen LogP contribution is -2.61. The van der Waals surface area contributed by atoms with E-state index in [1.807, 2.05) is 0 Å². The Labute approximate surface area is 163 Å². The highest BCUT2D eigenvalue weighted by Gasteiger charge is 2.51. The zero-order valence-electron chi connectivity index (χ0n) is 14.2. The molecule has 0 bridgehead atoms. The van der Waals surface area contributed by atoms with Crippen LogP contribution in [-0.2, 0) is 4.79 Å². The van der Waals surface area contributed by atoms with E-state index in [9.17, 15) is 9.59 Å². The summed E-state index contributed by atoms with van der Waals surface area (Å²) in [5.74, 6) is 1.04. The highest BCUT2D eigenvalue weighted by molar-refractivity contribution is 7.07. The highest BCUT2D eigenvalue weighted by atomic mass is 35.5. The van der Waals surface area contributed by atoms with Crippen molar-refractivity contribution in [3.8, 4) is 11.5 Å². The van der Waals surface area contributed by atoms with Gasteiger partial charge in [-0.15, -0.1) is 0 Å². The van der Waals surface area contributed by atoms with E-state index < -0.39 is 12.1 Å². The summed E-state index contributed by atoms with van der Waals surface area (Å²) < 4.78 is 11.1. The number of aromatic amines is 1. The number of carbonyl (C=O) groups excluding carboxylic acids is 1. The van der Waals surface area contributed by atoms with Crippen LogP contribution in [0, 0.1) is 0 Å². The number of anilines is 1. The predicted molar refractivity (Wildman–Crippen MR) is 104 cm³/mol. The lowest BCUT2D eigenvalue weighted by Gasteiger charge is -2.45. The molecular formula is C19H15ClN2O4S. The molecule has 1 aromatic heterocycles. The van der Waals surface area contributed by atoms with Crippen LogP contribution < -0.4 is 19.2 Å². The lowest BCUT2D eigenvalue weighted by molar-refractivity contribution is -0.135. The summed E-state index contributed by atoms with van der Waals surface area (Å²) in [7, 11) is 1.58. The van der Waals surface area contributed by atoms with Crippen LogP contribution in [0.4, 0.5) is 5.69 Å². The fourth-order valence-corrected chi connectivity index (χ4v) is 3.74. The number of benzene rings is 2. The third kappa shape index (κ3) is 3.31. The van der Waals surface area contributed by atoms with Crippen LogP contribution in [0.2, 0.25) is 5.02 Å². The van der Waals surface area contributed by atoms with E-state index >= 15 is 0 Å². The number of aromatic nitrogens is 1. The van der Waals surface area contributed by atoms with Crippen LogP contribution in [0.5, 0.6) is 11.5 Å². The molecule has 2 atom stereocenters. The minimum absolute atomic E-state index is 0.177. The van der Waals surface area contributed by atoms with Crippen molar-refractivity contribution in [2.75, 3.05) is 12.0 Å². The van der Waals surface area contributed by atoms with Gasteiger partial charge in [0, 0.05) is 16.1 Å². The minimum Gasteiger partial charge on any atom is -0.497 e. The molecule has 1 fully saturated rings. The normalized spacial score (nSPS) is 18.9. The molecule has 1 amide bonds. The zero-order valence-corrected chi connectivity index (χ0v) is 15.8. The summed E-state index contributed by atoms with van der Waals surface area (Å²) in [5, 5.41) is 2.30. The third-order valence-corrected chi connectivity index (χ3v) is 5.27. The Balaban J connectivity index is 1.66. The van der Waals surface area contributed by atoms with Gasteiger partial charge >= 0.3 is 4.87 Å². The van der Waals surface area contributed by atoms with E-state index in [1.54, 1.807) is 65.9 Å². The fraction of sp³-hybridized carbons (Fsp3) is 0.158. The predicted octanol–water partition coefficient (Wildman–Crippen LogP) is 3.63. The molecule has 1 saturated heterocycles. The maximum atomic E-state index is 12.8. The summed E-state index contributed by atoms with van der Waals surface area (Å²) in [5.41, 5.74) is 1.34. The van der Waals surface area contributed by atoms with Gasteiger partial charge in [0.05, 0.1) is 12.8 Å². The highest BCUT2D eigenvalue weighted by Crippen LogP contribution is 2.41. The lowest BCUT2D eigenvalue weighted by atomic mass is 9.94. The first-order valence-corrected chi connectivity index (χ1v) is 9.39. The van der Waals surface area contributed by atoms with Crippen molar-refractivity contribution in [1.29, 1.82) is 0 Å². The monoisotopic (exact) mass is 402 g/mol. The Bertz CT molecular complexity index is 1010. The van der Waals surface area contributed by atoms with Crippen LogP contribution in [0.1, 0.15) is 11.7 Å². The molecule has 0 radical (unpaired) electrons. The number of thiazole rings is 1. The van der Waals surface area contributed by atoms with Gasteiger partial charge in [0.25, 0.3) is 5.91 Å². The SMILES string of the molecule is COc1ccc(N2C(=O)[C@@H](Oc3ccc(Cl)cc3)[C@H]2c2csc(=O)[nH]2)cc1. The number of halogens is 1. The van der Waals surface area contributed by atoms with Crippen LogP contribution in [0.25, 0.3) is 0 Å². The van der Waals surface area contributed by atoms with E-state index in [2.05, 4.69) is 4.98 Å². The second-order valence-electron chi connectivity index (χ2n) is 5.95. The van der Waals surface area contributed by atoms with Crippen molar-refractivity contribution in [1.82, 2.24) is 4.98 Å². The van der Waals surface area contributed by atoms with E-state index in [0.717, 1.165) is 11.3 Å². The largest absolute Gasteiger partial charge is 0.497 e. The van der Waals surface area contributed by atoms with Gasteiger partial charge in [0.15, 0.2) is 0 Å². The van der Waals surface area contributed by atoms with Gasteiger partial charge in [-0.2, -0.15) is 0 Å². The molecule has 6 nitrogen and oxygen atoms in total. The van der Waals surface area contributed by atoms with Crippen molar-refractivity contribution >= 4 is 34.5 Å². The molecule has 0 unspecified atom stereocenters. The van der Waals surface area contributed by atoms with E-state index in [1.165, 1.54) is 0 Å². The first-order chi connectivity index (χ1) is 13.1. The van der Waals surface area contributed by atoms with Gasteiger partial charge in [0.2, 0.25) is 6.10 Å². The molecule has 27 heavy (non-hydrogen) atoms. The second-order valence-corrected chi connectivity index (χ2v) is 7.23. The molecule has 1 N–H and O–H groups in total. The molecule has 1 aliphatic rings. The summed E-state index contributed by atoms with van der Waals surface area (Å²) in [6.45, 7) is 0. The number of nitrogens with one attached hydrogen (secondary N) is 1. The summed E-state index contributed by atoms with van der Waals surface area (Å²) in [6, 6.07) is 13.5. The molecule has 0 spiro atoms. The summed E-state index contributed by atoms with van der Waals surface area (Å²) >= 11 is 6.96. The Morgan fingerprint density at radius 1 is 1.04 bits per heavy atom. The number of carbonyl (C=O) groups is 1. The Morgan fingerprint density at radius 3 is 2.30 bits per heavy atom. The second kappa shape index (κ2) is 7.09. The van der Waals surface area contributed by atoms with E-state index in [4.69, 9.17) is 21.1 Å². The summed E-state index contributed by atoms with van der Waals surface area (Å²) in [6.07, 6.45) is -0.737. The number of methoxy groups -OCH3 is 1. The van der Waals surface area contributed by atoms with Crippen molar-refractivity contribution in [3.63, 3.8) is 0 Å². The number of hydrogen-bond acceptors (Lipinski definition) is 5. The van der Waals surface area contributed by atoms with Crippen molar-refractivity contribution in [2.45, 2.75) is 12.1 Å². The van der Waals surface area contributed by atoms with Gasteiger partial charge < -0.3 is 14.5 Å². The van der Waals surface area contributed by atoms with Crippen molar-refractivity contribution < 1.29 is 14.3 Å². The molecule has 0 saturated carbocycles. The number of H-pyrrole nitrogens is 1. The van der Waals surface area contributed by atoms with E-state index in [-0.39, 0.29) is 10.8 Å². The molecule has 3 aromatic rings. The van der Waals surface area contributed by atoms with Crippen molar-refractivity contribution in [3.05, 3.63) is 74.3 Å². The molecule has 4 rings (SSSR count). The Morgan fingerprint density at radius 2 is 1.70 bits per heavy atom.